The van der Waals surface area contributed by atoms with Crippen LogP contribution < -0.4 is 15.0 Å². The van der Waals surface area contributed by atoms with Crippen LogP contribution in [0.3, 0.4) is 0 Å². The van der Waals surface area contributed by atoms with Gasteiger partial charge in [0.25, 0.3) is 5.91 Å². The number of amides is 2. The van der Waals surface area contributed by atoms with Crippen LogP contribution in [0, 0.1) is 0 Å². The Morgan fingerprint density at radius 3 is 2.09 bits per heavy atom. The monoisotopic (exact) mass is 461 g/mol. The second kappa shape index (κ2) is 10.8. The van der Waals surface area contributed by atoms with E-state index in [0.29, 0.717) is 25.3 Å². The number of hydrogen-bond donors (Lipinski definition) is 3. The number of benzene rings is 1. The van der Waals surface area contributed by atoms with E-state index >= 15 is 0 Å². The minimum Gasteiger partial charge on any atom is -0.481 e. The van der Waals surface area contributed by atoms with Gasteiger partial charge in [-0.2, -0.15) is 13.2 Å². The third-order valence-electron chi connectivity index (χ3n) is 4.64. The van der Waals surface area contributed by atoms with E-state index in [2.05, 4.69) is 10.2 Å². The highest BCUT2D eigenvalue weighted by atomic mass is 19.4. The molecule has 32 heavy (non-hydrogen) atoms. The molecule has 1 aromatic rings. The Bertz CT molecular complexity index is 838. The minimum absolute atomic E-state index is 0.0760. The van der Waals surface area contributed by atoms with Gasteiger partial charge in [-0.15, -0.1) is 0 Å². The number of nitrogens with one attached hydrogen (secondary N) is 1. The molecule has 3 N–H and O–H groups in total. The number of halogens is 3. The number of rotatable bonds is 5. The maximum absolute atomic E-state index is 11.7. The van der Waals surface area contributed by atoms with Gasteiger partial charge in [0.2, 0.25) is 5.91 Å². The zero-order valence-corrected chi connectivity index (χ0v) is 16.8. The lowest BCUT2D eigenvalue weighted by Gasteiger charge is -2.35. The van der Waals surface area contributed by atoms with Crippen molar-refractivity contribution < 1.29 is 47.3 Å². The fourth-order valence-corrected chi connectivity index (χ4v) is 3.04. The first kappa shape index (κ1) is 24.9. The lowest BCUT2D eigenvalue weighted by Crippen LogP contribution is -2.48. The summed E-state index contributed by atoms with van der Waals surface area (Å²) in [7, 11) is 0. The lowest BCUT2D eigenvalue weighted by atomic mass is 10.1. The number of piperazine rings is 1. The molecule has 0 bridgehead atoms. The molecule has 0 spiro atoms. The van der Waals surface area contributed by atoms with Gasteiger partial charge in [-0.25, -0.2) is 4.79 Å². The molecule has 176 valence electrons. The van der Waals surface area contributed by atoms with E-state index < -0.39 is 30.1 Å². The van der Waals surface area contributed by atoms with Crippen LogP contribution in [0.5, 0.6) is 5.75 Å². The van der Waals surface area contributed by atoms with Gasteiger partial charge in [0.15, 0.2) is 6.10 Å². The fourth-order valence-electron chi connectivity index (χ4n) is 3.04. The van der Waals surface area contributed by atoms with Gasteiger partial charge in [-0.3, -0.25) is 24.6 Å². The highest BCUT2D eigenvalue weighted by Crippen LogP contribution is 2.23. The molecule has 1 unspecified atom stereocenters. The van der Waals surface area contributed by atoms with Crippen molar-refractivity contribution in [3.05, 3.63) is 24.3 Å². The van der Waals surface area contributed by atoms with E-state index in [1.165, 1.54) is 0 Å². The summed E-state index contributed by atoms with van der Waals surface area (Å²) in [6.07, 6.45) is -5.05. The van der Waals surface area contributed by atoms with E-state index in [1.807, 2.05) is 29.2 Å². The number of piperidine rings is 1. The van der Waals surface area contributed by atoms with Gasteiger partial charge >= 0.3 is 18.1 Å². The lowest BCUT2D eigenvalue weighted by molar-refractivity contribution is -0.192. The number of carboxylic acids is 2. The second-order valence-electron chi connectivity index (χ2n) is 7.01. The van der Waals surface area contributed by atoms with Crippen molar-refractivity contribution in [2.75, 3.05) is 37.6 Å². The molecule has 0 aliphatic carbocycles. The molecule has 2 aliphatic heterocycles. The first-order valence-electron chi connectivity index (χ1n) is 9.55. The summed E-state index contributed by atoms with van der Waals surface area (Å²) in [5.41, 5.74) is 1.03. The molecule has 13 heteroatoms. The zero-order valence-electron chi connectivity index (χ0n) is 16.8. The molecule has 2 amide bonds. The van der Waals surface area contributed by atoms with Crippen molar-refractivity contribution in [1.29, 1.82) is 0 Å². The molecule has 2 aliphatic rings. The fraction of sp³-hybridized carbons (Fsp3) is 0.474. The number of carbonyl (C=O) groups is 4. The summed E-state index contributed by atoms with van der Waals surface area (Å²) in [5, 5.41) is 18.2. The molecule has 0 radical (unpaired) electrons. The topological polar surface area (TPSA) is 136 Å². The quantitative estimate of drug-likeness (QED) is 0.542. The minimum atomic E-state index is -5.08. The van der Waals surface area contributed by atoms with Crippen molar-refractivity contribution in [2.45, 2.75) is 25.1 Å². The maximum Gasteiger partial charge on any atom is 0.490 e. The first-order valence-corrected chi connectivity index (χ1v) is 9.55. The van der Waals surface area contributed by atoms with Gasteiger partial charge in [-0.1, -0.05) is 0 Å². The van der Waals surface area contributed by atoms with Gasteiger partial charge < -0.3 is 19.8 Å². The number of aliphatic carboxylic acids is 2. The number of ether oxygens (including phenoxy) is 1. The van der Waals surface area contributed by atoms with E-state index in [1.54, 1.807) is 0 Å². The summed E-state index contributed by atoms with van der Waals surface area (Å²) in [5.74, 6) is -3.63. The predicted octanol–water partition coefficient (Wildman–Crippen LogP) is 0.711. The first-order chi connectivity index (χ1) is 15.0. The standard InChI is InChI=1S/C17H21N3O5.C2HF3O2/c21-15-6-5-14(17(24)18-15)25-13-3-1-12(2-4-13)20-9-7-19(8-10-20)11-16(22)23;3-2(4,5)1(6)7/h1-4,14H,5-11H2,(H,22,23)(H,18,21,24);(H,6,7). The van der Waals surface area contributed by atoms with Crippen LogP contribution in [0.15, 0.2) is 24.3 Å². The Kier molecular flexibility index (Phi) is 8.41. The van der Waals surface area contributed by atoms with Gasteiger partial charge in [0.1, 0.15) is 5.75 Å². The number of alkyl halides is 3. The van der Waals surface area contributed by atoms with Crippen LogP contribution in [-0.4, -0.2) is 83.9 Å². The number of carbonyl (C=O) groups excluding carboxylic acids is 2. The van der Waals surface area contributed by atoms with Gasteiger partial charge in [0.05, 0.1) is 6.54 Å². The number of imide groups is 1. The maximum atomic E-state index is 11.7. The SMILES string of the molecule is O=C(O)C(F)(F)F.O=C(O)CN1CCN(c2ccc(OC3CCC(=O)NC3=O)cc2)CC1. The smallest absolute Gasteiger partial charge is 0.481 e. The molecular formula is C19H22F3N3O7. The second-order valence-corrected chi connectivity index (χ2v) is 7.01. The third kappa shape index (κ3) is 7.72. The molecule has 0 saturated carbocycles. The summed E-state index contributed by atoms with van der Waals surface area (Å²) in [4.78, 5) is 46.6. The Labute approximate surface area is 180 Å². The van der Waals surface area contributed by atoms with Crippen LogP contribution in [0.2, 0.25) is 0 Å². The molecule has 3 rings (SSSR count). The molecule has 1 atom stereocenters. The molecule has 2 fully saturated rings. The van der Waals surface area contributed by atoms with Crippen molar-refractivity contribution in [1.82, 2.24) is 10.2 Å². The summed E-state index contributed by atoms with van der Waals surface area (Å²) in [6.45, 7) is 3.02. The van der Waals surface area contributed by atoms with Crippen molar-refractivity contribution in [3.8, 4) is 5.75 Å². The van der Waals surface area contributed by atoms with E-state index in [9.17, 15) is 27.6 Å². The average Bonchev–Trinajstić information content (AvgIpc) is 2.71. The van der Waals surface area contributed by atoms with Crippen LogP contribution in [0.25, 0.3) is 0 Å². The van der Waals surface area contributed by atoms with Crippen LogP contribution in [-0.2, 0) is 19.2 Å². The van der Waals surface area contributed by atoms with Crippen LogP contribution in [0.1, 0.15) is 12.8 Å². The van der Waals surface area contributed by atoms with Crippen molar-refractivity contribution in [2.24, 2.45) is 0 Å². The van der Waals surface area contributed by atoms with Crippen molar-refractivity contribution in [3.63, 3.8) is 0 Å². The van der Waals surface area contributed by atoms with Gasteiger partial charge in [-0.05, 0) is 24.3 Å². The molecule has 1 aromatic carbocycles. The summed E-state index contributed by atoms with van der Waals surface area (Å²) >= 11 is 0. The van der Waals surface area contributed by atoms with Crippen LogP contribution >= 0.6 is 0 Å². The molecule has 10 nitrogen and oxygen atoms in total. The highest BCUT2D eigenvalue weighted by molar-refractivity contribution is 5.99. The van der Waals surface area contributed by atoms with E-state index in [4.69, 9.17) is 19.7 Å². The zero-order chi connectivity index (χ0) is 23.9. The Balaban J connectivity index is 0.000000451. The van der Waals surface area contributed by atoms with E-state index in [-0.39, 0.29) is 18.9 Å². The van der Waals surface area contributed by atoms with Gasteiger partial charge in [0, 0.05) is 44.7 Å². The largest absolute Gasteiger partial charge is 0.490 e. The molecular weight excluding hydrogens is 439 g/mol. The Morgan fingerprint density at radius 2 is 1.62 bits per heavy atom. The molecule has 0 aromatic heterocycles. The molecule has 2 saturated heterocycles. The number of hydrogen-bond acceptors (Lipinski definition) is 7. The van der Waals surface area contributed by atoms with Crippen LogP contribution in [0.4, 0.5) is 18.9 Å². The summed E-state index contributed by atoms with van der Waals surface area (Å²) in [6, 6.07) is 7.47. The molecule has 2 heterocycles. The Morgan fingerprint density at radius 1 is 1.06 bits per heavy atom. The van der Waals surface area contributed by atoms with E-state index in [0.717, 1.165) is 18.8 Å². The number of nitrogens with zero attached hydrogens (tertiary/aromatic N) is 2. The highest BCUT2D eigenvalue weighted by Gasteiger charge is 2.38. The predicted molar refractivity (Wildman–Crippen MR) is 103 cm³/mol. The average molecular weight is 461 g/mol. The Hall–Kier alpha value is -3.35. The number of carboxylic acid groups (broad SMARTS) is 2. The normalized spacial score (nSPS) is 19.5. The third-order valence-corrected chi connectivity index (χ3v) is 4.64. The summed E-state index contributed by atoms with van der Waals surface area (Å²) < 4.78 is 37.4. The number of anilines is 1. The van der Waals surface area contributed by atoms with Crippen molar-refractivity contribution >= 4 is 29.4 Å².